The lowest BCUT2D eigenvalue weighted by atomic mass is 9.76. The van der Waals surface area contributed by atoms with E-state index in [0.29, 0.717) is 25.8 Å². The molecule has 1 saturated carbocycles. The summed E-state index contributed by atoms with van der Waals surface area (Å²) in [5, 5.41) is 9.08. The summed E-state index contributed by atoms with van der Waals surface area (Å²) in [6.45, 7) is 0.536. The first-order valence-corrected chi connectivity index (χ1v) is 5.87. The summed E-state index contributed by atoms with van der Waals surface area (Å²) in [6.07, 6.45) is 4.65. The van der Waals surface area contributed by atoms with Crippen molar-refractivity contribution in [2.75, 3.05) is 6.54 Å². The first kappa shape index (κ1) is 11.4. The van der Waals surface area contributed by atoms with Crippen molar-refractivity contribution in [3.63, 3.8) is 0 Å². The van der Waals surface area contributed by atoms with Crippen molar-refractivity contribution in [3.8, 4) is 0 Å². The lowest BCUT2D eigenvalue weighted by Gasteiger charge is -2.43. The Morgan fingerprint density at radius 3 is 2.44 bits per heavy atom. The smallest absolute Gasteiger partial charge is 0.326 e. The van der Waals surface area contributed by atoms with Crippen LogP contribution in [0.25, 0.3) is 0 Å². The number of carboxylic acids is 1. The van der Waals surface area contributed by atoms with Crippen LogP contribution in [-0.4, -0.2) is 40.0 Å². The van der Waals surface area contributed by atoms with Crippen LogP contribution >= 0.6 is 0 Å². The number of carbonyl (C=O) groups is 2. The quantitative estimate of drug-likeness (QED) is 0.711. The summed E-state index contributed by atoms with van der Waals surface area (Å²) in [5.41, 5.74) is 5.18. The molecule has 3 N–H and O–H groups in total. The van der Waals surface area contributed by atoms with Gasteiger partial charge in [-0.1, -0.05) is 0 Å². The first-order valence-electron chi connectivity index (χ1n) is 5.87. The SMILES string of the molecule is NC1(C(=O)N2CCCCC2C(=O)O)CCC1. The fraction of sp³-hybridized carbons (Fsp3) is 0.818. The number of amides is 1. The highest BCUT2D eigenvalue weighted by molar-refractivity contribution is 5.90. The molecule has 90 valence electrons. The summed E-state index contributed by atoms with van der Waals surface area (Å²) in [6, 6.07) is -0.665. The molecule has 1 amide bonds. The molecule has 1 saturated heterocycles. The minimum Gasteiger partial charge on any atom is -0.480 e. The van der Waals surface area contributed by atoms with E-state index >= 15 is 0 Å². The van der Waals surface area contributed by atoms with Gasteiger partial charge in [-0.25, -0.2) is 4.79 Å². The molecule has 0 spiro atoms. The predicted molar refractivity (Wildman–Crippen MR) is 57.8 cm³/mol. The summed E-state index contributed by atoms with van der Waals surface area (Å²) >= 11 is 0. The molecule has 1 aliphatic heterocycles. The van der Waals surface area contributed by atoms with E-state index < -0.39 is 17.6 Å². The van der Waals surface area contributed by atoms with Crippen LogP contribution in [0.3, 0.4) is 0 Å². The van der Waals surface area contributed by atoms with Crippen molar-refractivity contribution in [1.82, 2.24) is 4.90 Å². The number of hydrogen-bond acceptors (Lipinski definition) is 3. The molecule has 16 heavy (non-hydrogen) atoms. The Labute approximate surface area is 94.6 Å². The summed E-state index contributed by atoms with van der Waals surface area (Å²) in [4.78, 5) is 24.7. The van der Waals surface area contributed by atoms with Crippen LogP contribution in [0.1, 0.15) is 38.5 Å². The van der Waals surface area contributed by atoms with E-state index in [2.05, 4.69) is 0 Å². The van der Waals surface area contributed by atoms with Crippen LogP contribution in [0.4, 0.5) is 0 Å². The Morgan fingerprint density at radius 2 is 1.94 bits per heavy atom. The molecule has 2 fully saturated rings. The van der Waals surface area contributed by atoms with E-state index in [1.807, 2.05) is 0 Å². The highest BCUT2D eigenvalue weighted by atomic mass is 16.4. The molecule has 0 bridgehead atoms. The maximum atomic E-state index is 12.2. The molecule has 5 nitrogen and oxygen atoms in total. The Bertz CT molecular complexity index is 312. The topological polar surface area (TPSA) is 83.6 Å². The molecule has 1 unspecified atom stereocenters. The van der Waals surface area contributed by atoms with Gasteiger partial charge in [0.15, 0.2) is 0 Å². The molecule has 1 heterocycles. The number of nitrogens with two attached hydrogens (primary N) is 1. The normalized spacial score (nSPS) is 28.3. The van der Waals surface area contributed by atoms with E-state index in [1.165, 1.54) is 4.90 Å². The van der Waals surface area contributed by atoms with Gasteiger partial charge in [-0.3, -0.25) is 4.79 Å². The van der Waals surface area contributed by atoms with Gasteiger partial charge in [0.1, 0.15) is 6.04 Å². The van der Waals surface area contributed by atoms with Crippen LogP contribution < -0.4 is 5.73 Å². The molecule has 0 aromatic heterocycles. The van der Waals surface area contributed by atoms with Gasteiger partial charge in [0.25, 0.3) is 0 Å². The number of carbonyl (C=O) groups excluding carboxylic acids is 1. The Morgan fingerprint density at radius 1 is 1.25 bits per heavy atom. The maximum absolute atomic E-state index is 12.2. The van der Waals surface area contributed by atoms with Crippen LogP contribution in [0, 0.1) is 0 Å². The number of hydrogen-bond donors (Lipinski definition) is 2. The second-order valence-corrected chi connectivity index (χ2v) is 4.86. The van der Waals surface area contributed by atoms with Crippen molar-refractivity contribution < 1.29 is 14.7 Å². The van der Waals surface area contributed by atoms with Crippen LogP contribution in [0.15, 0.2) is 0 Å². The van der Waals surface area contributed by atoms with Crippen molar-refractivity contribution >= 4 is 11.9 Å². The zero-order chi connectivity index (χ0) is 11.8. The third kappa shape index (κ3) is 1.80. The lowest BCUT2D eigenvalue weighted by Crippen LogP contribution is -2.63. The van der Waals surface area contributed by atoms with E-state index in [0.717, 1.165) is 19.3 Å². The highest BCUT2D eigenvalue weighted by Crippen LogP contribution is 2.33. The Balaban J connectivity index is 2.10. The number of likely N-dealkylation sites (tertiary alicyclic amines) is 1. The summed E-state index contributed by atoms with van der Waals surface area (Å²) in [5.74, 6) is -1.07. The third-order valence-corrected chi connectivity index (χ3v) is 3.72. The molecule has 0 aromatic rings. The van der Waals surface area contributed by atoms with E-state index in [-0.39, 0.29) is 5.91 Å². The molecule has 0 radical (unpaired) electrons. The number of piperidine rings is 1. The third-order valence-electron chi connectivity index (χ3n) is 3.72. The largest absolute Gasteiger partial charge is 0.480 e. The first-order chi connectivity index (χ1) is 7.54. The van der Waals surface area contributed by atoms with Crippen LogP contribution in [0.5, 0.6) is 0 Å². The maximum Gasteiger partial charge on any atom is 0.326 e. The van der Waals surface area contributed by atoms with Gasteiger partial charge < -0.3 is 15.7 Å². The molecule has 1 atom stereocenters. The number of nitrogens with zero attached hydrogens (tertiary/aromatic N) is 1. The monoisotopic (exact) mass is 226 g/mol. The van der Waals surface area contributed by atoms with Gasteiger partial charge in [0.2, 0.25) is 5.91 Å². The molecule has 2 aliphatic rings. The summed E-state index contributed by atoms with van der Waals surface area (Å²) in [7, 11) is 0. The standard InChI is InChI=1S/C11H18N2O3/c12-11(5-3-6-11)10(16)13-7-2-1-4-8(13)9(14)15/h8H,1-7,12H2,(H,14,15). The van der Waals surface area contributed by atoms with Crippen LogP contribution in [-0.2, 0) is 9.59 Å². The Kier molecular flexibility index (Phi) is 2.88. The predicted octanol–water partition coefficient (Wildman–Crippen LogP) is 0.333. The summed E-state index contributed by atoms with van der Waals surface area (Å²) < 4.78 is 0. The second kappa shape index (κ2) is 4.05. The van der Waals surface area contributed by atoms with Gasteiger partial charge in [0.05, 0.1) is 5.54 Å². The van der Waals surface area contributed by atoms with E-state index in [9.17, 15) is 9.59 Å². The van der Waals surface area contributed by atoms with Crippen molar-refractivity contribution in [2.45, 2.75) is 50.1 Å². The van der Waals surface area contributed by atoms with Gasteiger partial charge in [-0.15, -0.1) is 0 Å². The highest BCUT2D eigenvalue weighted by Gasteiger charge is 2.46. The van der Waals surface area contributed by atoms with Crippen molar-refractivity contribution in [3.05, 3.63) is 0 Å². The lowest BCUT2D eigenvalue weighted by molar-refractivity contribution is -0.156. The minimum absolute atomic E-state index is 0.161. The number of aliphatic carboxylic acids is 1. The van der Waals surface area contributed by atoms with Gasteiger partial charge in [-0.05, 0) is 38.5 Å². The molecule has 0 aromatic carbocycles. The minimum atomic E-state index is -0.907. The Hall–Kier alpha value is -1.10. The number of carboxylic acid groups (broad SMARTS) is 1. The molecule has 2 rings (SSSR count). The number of rotatable bonds is 2. The molecule has 1 aliphatic carbocycles. The van der Waals surface area contributed by atoms with Gasteiger partial charge >= 0.3 is 5.97 Å². The molecular weight excluding hydrogens is 208 g/mol. The molecule has 5 heteroatoms. The zero-order valence-corrected chi connectivity index (χ0v) is 9.32. The van der Waals surface area contributed by atoms with Gasteiger partial charge in [0, 0.05) is 6.54 Å². The fourth-order valence-electron chi connectivity index (χ4n) is 2.49. The van der Waals surface area contributed by atoms with Gasteiger partial charge in [-0.2, -0.15) is 0 Å². The van der Waals surface area contributed by atoms with Crippen LogP contribution in [0.2, 0.25) is 0 Å². The molecular formula is C11H18N2O3. The average Bonchev–Trinajstić information content (AvgIpc) is 2.25. The second-order valence-electron chi connectivity index (χ2n) is 4.86. The van der Waals surface area contributed by atoms with E-state index in [4.69, 9.17) is 10.8 Å². The fourth-order valence-corrected chi connectivity index (χ4v) is 2.49. The van der Waals surface area contributed by atoms with Crippen molar-refractivity contribution in [2.24, 2.45) is 5.73 Å². The average molecular weight is 226 g/mol. The van der Waals surface area contributed by atoms with E-state index in [1.54, 1.807) is 0 Å². The zero-order valence-electron chi connectivity index (χ0n) is 9.32. The van der Waals surface area contributed by atoms with Crippen molar-refractivity contribution in [1.29, 1.82) is 0 Å².